The number of aliphatic hydroxyl groups is 2. The Morgan fingerprint density at radius 3 is 2.44 bits per heavy atom. The van der Waals surface area contributed by atoms with Crippen LogP contribution < -0.4 is 0 Å². The summed E-state index contributed by atoms with van der Waals surface area (Å²) in [5.74, 6) is 0. The van der Waals surface area contributed by atoms with E-state index in [1.54, 1.807) is 6.92 Å². The van der Waals surface area contributed by atoms with Gasteiger partial charge in [-0.25, -0.2) is 0 Å². The molecule has 1 saturated carbocycles. The van der Waals surface area contributed by atoms with Crippen molar-refractivity contribution in [1.82, 2.24) is 0 Å². The molecule has 2 heteroatoms. The third kappa shape index (κ3) is 1.43. The maximum atomic E-state index is 9.39. The van der Waals surface area contributed by atoms with Crippen LogP contribution >= 0.6 is 0 Å². The Bertz CT molecular complexity index is 99.1. The van der Waals surface area contributed by atoms with Crippen molar-refractivity contribution in [1.29, 1.82) is 0 Å². The second-order valence-corrected chi connectivity index (χ2v) is 3.12. The number of aliphatic hydroxyl groups excluding tert-OH is 1. The molecule has 0 saturated heterocycles. The van der Waals surface area contributed by atoms with Crippen molar-refractivity contribution in [3.8, 4) is 0 Å². The van der Waals surface area contributed by atoms with Gasteiger partial charge in [0.2, 0.25) is 0 Å². The van der Waals surface area contributed by atoms with Crippen LogP contribution in [0.25, 0.3) is 0 Å². The molecule has 0 amide bonds. The first-order chi connectivity index (χ1) is 4.13. The van der Waals surface area contributed by atoms with E-state index in [1.165, 1.54) is 0 Å². The van der Waals surface area contributed by atoms with Crippen LogP contribution in [-0.4, -0.2) is 21.9 Å². The molecule has 2 atom stereocenters. The summed E-state index contributed by atoms with van der Waals surface area (Å²) in [6, 6.07) is 0. The van der Waals surface area contributed by atoms with E-state index in [2.05, 4.69) is 0 Å². The molecule has 1 fully saturated rings. The van der Waals surface area contributed by atoms with E-state index >= 15 is 0 Å². The first-order valence-corrected chi connectivity index (χ1v) is 3.53. The average molecular weight is 130 g/mol. The molecule has 0 aromatic heterocycles. The molecule has 2 nitrogen and oxygen atoms in total. The molecule has 0 spiro atoms. The van der Waals surface area contributed by atoms with Crippen molar-refractivity contribution >= 4 is 0 Å². The lowest BCUT2D eigenvalue weighted by molar-refractivity contribution is -0.0863. The van der Waals surface area contributed by atoms with Crippen LogP contribution in [0.4, 0.5) is 0 Å². The van der Waals surface area contributed by atoms with Gasteiger partial charge in [-0.1, -0.05) is 12.8 Å². The SMILES string of the molecule is C[C@@]1(O)CCCCC1O. The summed E-state index contributed by atoms with van der Waals surface area (Å²) < 4.78 is 0. The molecule has 0 aromatic rings. The highest BCUT2D eigenvalue weighted by Gasteiger charge is 2.32. The van der Waals surface area contributed by atoms with Crippen LogP contribution in [0, 0.1) is 0 Å². The highest BCUT2D eigenvalue weighted by atomic mass is 16.3. The summed E-state index contributed by atoms with van der Waals surface area (Å²) in [7, 11) is 0. The van der Waals surface area contributed by atoms with E-state index in [-0.39, 0.29) is 0 Å². The number of hydrogen-bond donors (Lipinski definition) is 2. The standard InChI is InChI=1S/C7H14O2/c1-7(9)5-3-2-4-6(7)8/h6,8-9H,2-5H2,1H3/t6?,7-/m1/s1. The Hall–Kier alpha value is -0.0800. The van der Waals surface area contributed by atoms with Gasteiger partial charge in [-0.15, -0.1) is 0 Å². The molecule has 54 valence electrons. The first kappa shape index (κ1) is 7.03. The van der Waals surface area contributed by atoms with Crippen LogP contribution in [0.5, 0.6) is 0 Å². The first-order valence-electron chi connectivity index (χ1n) is 3.53. The number of rotatable bonds is 0. The van der Waals surface area contributed by atoms with E-state index in [0.29, 0.717) is 0 Å². The lowest BCUT2D eigenvalue weighted by Gasteiger charge is -2.33. The topological polar surface area (TPSA) is 40.5 Å². The van der Waals surface area contributed by atoms with Crippen molar-refractivity contribution in [2.75, 3.05) is 0 Å². The normalized spacial score (nSPS) is 45.0. The van der Waals surface area contributed by atoms with Gasteiger partial charge >= 0.3 is 0 Å². The summed E-state index contributed by atoms with van der Waals surface area (Å²) in [6.45, 7) is 1.71. The van der Waals surface area contributed by atoms with Gasteiger partial charge in [0.05, 0.1) is 11.7 Å². The van der Waals surface area contributed by atoms with Crippen molar-refractivity contribution in [2.45, 2.75) is 44.3 Å². The summed E-state index contributed by atoms with van der Waals surface area (Å²) in [4.78, 5) is 0. The molecule has 0 aliphatic heterocycles. The lowest BCUT2D eigenvalue weighted by Crippen LogP contribution is -2.41. The third-order valence-corrected chi connectivity index (χ3v) is 2.13. The summed E-state index contributed by atoms with van der Waals surface area (Å²) in [6.07, 6.45) is 3.11. The fourth-order valence-corrected chi connectivity index (χ4v) is 1.30. The predicted molar refractivity (Wildman–Crippen MR) is 35.1 cm³/mol. The molecule has 9 heavy (non-hydrogen) atoms. The van der Waals surface area contributed by atoms with Crippen LogP contribution in [-0.2, 0) is 0 Å². The third-order valence-electron chi connectivity index (χ3n) is 2.13. The minimum absolute atomic E-state index is 0.494. The average Bonchev–Trinajstić information content (AvgIpc) is 1.77. The Morgan fingerprint density at radius 1 is 1.44 bits per heavy atom. The molecule has 1 rings (SSSR count). The van der Waals surface area contributed by atoms with Gasteiger partial charge in [0.25, 0.3) is 0 Å². The van der Waals surface area contributed by atoms with Crippen LogP contribution in [0.15, 0.2) is 0 Å². The van der Waals surface area contributed by atoms with Gasteiger partial charge < -0.3 is 10.2 Å². The molecular weight excluding hydrogens is 116 g/mol. The zero-order valence-electron chi connectivity index (χ0n) is 5.80. The highest BCUT2D eigenvalue weighted by molar-refractivity contribution is 4.85. The molecule has 1 unspecified atom stereocenters. The summed E-state index contributed by atoms with van der Waals surface area (Å²) in [5, 5.41) is 18.6. The molecule has 0 aromatic carbocycles. The smallest absolute Gasteiger partial charge is 0.0877 e. The van der Waals surface area contributed by atoms with E-state index in [1.807, 2.05) is 0 Å². The van der Waals surface area contributed by atoms with E-state index in [0.717, 1.165) is 25.7 Å². The maximum absolute atomic E-state index is 9.39. The maximum Gasteiger partial charge on any atom is 0.0877 e. The van der Waals surface area contributed by atoms with Gasteiger partial charge in [-0.05, 0) is 19.8 Å². The molecule has 2 N–H and O–H groups in total. The van der Waals surface area contributed by atoms with Crippen LogP contribution in [0.3, 0.4) is 0 Å². The van der Waals surface area contributed by atoms with E-state index in [9.17, 15) is 10.2 Å². The van der Waals surface area contributed by atoms with Crippen LogP contribution in [0.2, 0.25) is 0 Å². The second-order valence-electron chi connectivity index (χ2n) is 3.12. The molecule has 0 heterocycles. The minimum atomic E-state index is -0.807. The zero-order chi connectivity index (χ0) is 6.91. The Morgan fingerprint density at radius 2 is 2.11 bits per heavy atom. The largest absolute Gasteiger partial charge is 0.390 e. The zero-order valence-corrected chi connectivity index (χ0v) is 5.80. The molecule has 0 radical (unpaired) electrons. The lowest BCUT2D eigenvalue weighted by atomic mass is 9.84. The van der Waals surface area contributed by atoms with Crippen LogP contribution in [0.1, 0.15) is 32.6 Å². The predicted octanol–water partition coefficient (Wildman–Crippen LogP) is 0.672. The number of hydrogen-bond acceptors (Lipinski definition) is 2. The summed E-state index contributed by atoms with van der Waals surface area (Å²) in [5.41, 5.74) is -0.807. The Labute approximate surface area is 55.5 Å². The quantitative estimate of drug-likeness (QED) is 0.506. The van der Waals surface area contributed by atoms with E-state index in [4.69, 9.17) is 0 Å². The monoisotopic (exact) mass is 130 g/mol. The van der Waals surface area contributed by atoms with Gasteiger partial charge in [0.1, 0.15) is 0 Å². The Kier molecular flexibility index (Phi) is 1.78. The fraction of sp³-hybridized carbons (Fsp3) is 1.00. The second kappa shape index (κ2) is 2.27. The molecule has 1 aliphatic rings. The Balaban J connectivity index is 2.49. The van der Waals surface area contributed by atoms with Crippen molar-refractivity contribution in [3.63, 3.8) is 0 Å². The molecule has 0 bridgehead atoms. The van der Waals surface area contributed by atoms with Gasteiger partial charge in [0.15, 0.2) is 0 Å². The van der Waals surface area contributed by atoms with E-state index < -0.39 is 11.7 Å². The van der Waals surface area contributed by atoms with Crippen molar-refractivity contribution in [2.24, 2.45) is 0 Å². The van der Waals surface area contributed by atoms with Gasteiger partial charge in [-0.3, -0.25) is 0 Å². The van der Waals surface area contributed by atoms with Crippen molar-refractivity contribution < 1.29 is 10.2 Å². The fourth-order valence-electron chi connectivity index (χ4n) is 1.30. The molecular formula is C7H14O2. The van der Waals surface area contributed by atoms with Gasteiger partial charge in [0, 0.05) is 0 Å². The minimum Gasteiger partial charge on any atom is -0.390 e. The summed E-state index contributed by atoms with van der Waals surface area (Å²) >= 11 is 0. The van der Waals surface area contributed by atoms with Crippen molar-refractivity contribution in [3.05, 3.63) is 0 Å². The highest BCUT2D eigenvalue weighted by Crippen LogP contribution is 2.27. The molecule has 1 aliphatic carbocycles. The van der Waals surface area contributed by atoms with Gasteiger partial charge in [-0.2, -0.15) is 0 Å².